The summed E-state index contributed by atoms with van der Waals surface area (Å²) in [7, 11) is 1.68. The van der Waals surface area contributed by atoms with E-state index < -0.39 is 0 Å². The van der Waals surface area contributed by atoms with Gasteiger partial charge in [-0.25, -0.2) is 9.97 Å². The second kappa shape index (κ2) is 8.54. The lowest BCUT2D eigenvalue weighted by Gasteiger charge is -2.12. The van der Waals surface area contributed by atoms with Crippen molar-refractivity contribution in [2.45, 2.75) is 27.2 Å². The van der Waals surface area contributed by atoms with Crippen LogP contribution in [0.5, 0.6) is 5.75 Å². The highest BCUT2D eigenvalue weighted by Gasteiger charge is 2.05. The number of aromatic nitrogens is 2. The van der Waals surface area contributed by atoms with E-state index in [0.29, 0.717) is 0 Å². The summed E-state index contributed by atoms with van der Waals surface area (Å²) in [5, 5.41) is 6.79. The predicted octanol–water partition coefficient (Wildman–Crippen LogP) is 4.81. The van der Waals surface area contributed by atoms with Crippen LogP contribution in [-0.4, -0.2) is 23.6 Å². The fourth-order valence-corrected chi connectivity index (χ4v) is 2.94. The summed E-state index contributed by atoms with van der Waals surface area (Å²) in [5.41, 5.74) is 4.75. The molecule has 3 rings (SSSR count). The van der Waals surface area contributed by atoms with Gasteiger partial charge in [-0.15, -0.1) is 0 Å². The molecular formula is C22H26N4O. The third-order valence-corrected chi connectivity index (χ3v) is 4.36. The van der Waals surface area contributed by atoms with E-state index in [4.69, 9.17) is 4.74 Å². The summed E-state index contributed by atoms with van der Waals surface area (Å²) in [4.78, 5) is 8.99. The molecule has 2 aromatic carbocycles. The Morgan fingerprint density at radius 2 is 1.63 bits per heavy atom. The largest absolute Gasteiger partial charge is 0.497 e. The smallest absolute Gasteiger partial charge is 0.136 e. The molecule has 5 heteroatoms. The molecule has 0 unspecified atom stereocenters. The summed E-state index contributed by atoms with van der Waals surface area (Å²) in [6.07, 6.45) is 0.910. The van der Waals surface area contributed by atoms with E-state index in [9.17, 15) is 0 Å². The van der Waals surface area contributed by atoms with Gasteiger partial charge in [-0.3, -0.25) is 0 Å². The highest BCUT2D eigenvalue weighted by atomic mass is 16.5. The van der Waals surface area contributed by atoms with Crippen LogP contribution >= 0.6 is 0 Å². The van der Waals surface area contributed by atoms with Crippen LogP contribution in [0.3, 0.4) is 0 Å². The van der Waals surface area contributed by atoms with Crippen molar-refractivity contribution in [1.29, 1.82) is 0 Å². The van der Waals surface area contributed by atoms with Crippen molar-refractivity contribution in [2.24, 2.45) is 0 Å². The van der Waals surface area contributed by atoms with Gasteiger partial charge < -0.3 is 15.4 Å². The van der Waals surface area contributed by atoms with Crippen LogP contribution in [0.1, 0.15) is 22.5 Å². The highest BCUT2D eigenvalue weighted by Crippen LogP contribution is 2.22. The lowest BCUT2D eigenvalue weighted by atomic mass is 10.1. The molecule has 0 amide bonds. The number of hydrogen-bond donors (Lipinski definition) is 2. The number of aryl methyl sites for hydroxylation is 3. The molecule has 0 aliphatic heterocycles. The number of rotatable bonds is 7. The molecule has 0 saturated heterocycles. The maximum Gasteiger partial charge on any atom is 0.136 e. The van der Waals surface area contributed by atoms with Gasteiger partial charge in [0.05, 0.1) is 7.11 Å². The SMILES string of the molecule is COc1ccc(CCNc2cc(Nc3ccc(C)cc3C)nc(C)n2)cc1. The molecule has 0 aliphatic carbocycles. The quantitative estimate of drug-likeness (QED) is 0.632. The van der Waals surface area contributed by atoms with Crippen LogP contribution < -0.4 is 15.4 Å². The molecule has 1 aromatic heterocycles. The molecule has 0 aliphatic rings. The highest BCUT2D eigenvalue weighted by molar-refractivity contribution is 5.63. The van der Waals surface area contributed by atoms with Gasteiger partial charge in [-0.2, -0.15) is 0 Å². The molecule has 0 fully saturated rings. The molecular weight excluding hydrogens is 336 g/mol. The fraction of sp³-hybridized carbons (Fsp3) is 0.273. The zero-order valence-electron chi connectivity index (χ0n) is 16.3. The topological polar surface area (TPSA) is 59.1 Å². The van der Waals surface area contributed by atoms with Gasteiger partial charge in [-0.1, -0.05) is 29.8 Å². The monoisotopic (exact) mass is 362 g/mol. The average molecular weight is 362 g/mol. The minimum absolute atomic E-state index is 0.733. The zero-order chi connectivity index (χ0) is 19.2. The third kappa shape index (κ3) is 5.20. The fourth-order valence-electron chi connectivity index (χ4n) is 2.94. The molecule has 27 heavy (non-hydrogen) atoms. The molecule has 2 N–H and O–H groups in total. The van der Waals surface area contributed by atoms with Crippen molar-refractivity contribution >= 4 is 17.3 Å². The van der Waals surface area contributed by atoms with Gasteiger partial charge in [0.1, 0.15) is 23.2 Å². The van der Waals surface area contributed by atoms with Crippen LogP contribution in [0.25, 0.3) is 0 Å². The maximum absolute atomic E-state index is 5.19. The predicted molar refractivity (Wildman–Crippen MR) is 111 cm³/mol. The Kier molecular flexibility index (Phi) is 5.91. The van der Waals surface area contributed by atoms with E-state index in [1.54, 1.807) is 7.11 Å². The number of nitrogens with zero attached hydrogens (tertiary/aromatic N) is 2. The van der Waals surface area contributed by atoms with Gasteiger partial charge in [0.15, 0.2) is 0 Å². The second-order valence-electron chi connectivity index (χ2n) is 6.65. The van der Waals surface area contributed by atoms with Crippen LogP contribution in [0.2, 0.25) is 0 Å². The Labute approximate surface area is 160 Å². The Morgan fingerprint density at radius 3 is 2.33 bits per heavy atom. The minimum atomic E-state index is 0.733. The van der Waals surface area contributed by atoms with E-state index in [1.165, 1.54) is 16.7 Å². The number of methoxy groups -OCH3 is 1. The van der Waals surface area contributed by atoms with Crippen molar-refractivity contribution < 1.29 is 4.74 Å². The summed E-state index contributed by atoms with van der Waals surface area (Å²) in [5.74, 6) is 3.22. The average Bonchev–Trinajstić information content (AvgIpc) is 2.64. The van der Waals surface area contributed by atoms with Crippen LogP contribution in [-0.2, 0) is 6.42 Å². The van der Waals surface area contributed by atoms with Gasteiger partial charge in [0.25, 0.3) is 0 Å². The lowest BCUT2D eigenvalue weighted by Crippen LogP contribution is -2.08. The Bertz CT molecular complexity index is 907. The van der Waals surface area contributed by atoms with E-state index in [-0.39, 0.29) is 0 Å². The third-order valence-electron chi connectivity index (χ3n) is 4.36. The van der Waals surface area contributed by atoms with Crippen molar-refractivity contribution in [2.75, 3.05) is 24.3 Å². The molecule has 0 saturated carbocycles. The van der Waals surface area contributed by atoms with Crippen LogP contribution in [0, 0.1) is 20.8 Å². The Hall–Kier alpha value is -3.08. The number of nitrogens with one attached hydrogen (secondary N) is 2. The Balaban J connectivity index is 1.64. The van der Waals surface area contributed by atoms with Crippen molar-refractivity contribution in [3.63, 3.8) is 0 Å². The molecule has 0 spiro atoms. The first-order valence-electron chi connectivity index (χ1n) is 9.10. The maximum atomic E-state index is 5.19. The molecule has 5 nitrogen and oxygen atoms in total. The molecule has 140 valence electrons. The first kappa shape index (κ1) is 18.7. The van der Waals surface area contributed by atoms with Gasteiger partial charge >= 0.3 is 0 Å². The molecule has 1 heterocycles. The molecule has 0 radical (unpaired) electrons. The Morgan fingerprint density at radius 1 is 0.889 bits per heavy atom. The second-order valence-corrected chi connectivity index (χ2v) is 6.65. The van der Waals surface area contributed by atoms with Crippen molar-refractivity contribution in [3.8, 4) is 5.75 Å². The molecule has 3 aromatic rings. The number of benzene rings is 2. The van der Waals surface area contributed by atoms with E-state index in [1.807, 2.05) is 25.1 Å². The summed E-state index contributed by atoms with van der Waals surface area (Å²) in [6.45, 7) is 6.89. The lowest BCUT2D eigenvalue weighted by molar-refractivity contribution is 0.414. The zero-order valence-corrected chi connectivity index (χ0v) is 16.3. The summed E-state index contributed by atoms with van der Waals surface area (Å²) < 4.78 is 5.19. The van der Waals surface area contributed by atoms with Gasteiger partial charge in [0.2, 0.25) is 0 Å². The number of anilines is 3. The standard InChI is InChI=1S/C22H26N4O/c1-15-5-10-20(16(2)13-15)26-22-14-21(24-17(3)25-22)23-12-11-18-6-8-19(27-4)9-7-18/h5-10,13-14H,11-12H2,1-4H3,(H2,23,24,25,26). The first-order chi connectivity index (χ1) is 13.0. The number of hydrogen-bond acceptors (Lipinski definition) is 5. The van der Waals surface area contributed by atoms with Crippen LogP contribution in [0.4, 0.5) is 17.3 Å². The van der Waals surface area contributed by atoms with Crippen LogP contribution in [0.15, 0.2) is 48.5 Å². The van der Waals surface area contributed by atoms with E-state index in [2.05, 4.69) is 64.8 Å². The minimum Gasteiger partial charge on any atom is -0.497 e. The first-order valence-corrected chi connectivity index (χ1v) is 9.10. The van der Waals surface area contributed by atoms with E-state index >= 15 is 0 Å². The molecule has 0 bridgehead atoms. The number of ether oxygens (including phenoxy) is 1. The van der Waals surface area contributed by atoms with Gasteiger partial charge in [-0.05, 0) is 56.5 Å². The normalized spacial score (nSPS) is 10.5. The summed E-state index contributed by atoms with van der Waals surface area (Å²) in [6, 6.07) is 16.4. The molecule has 0 atom stereocenters. The van der Waals surface area contributed by atoms with Crippen molar-refractivity contribution in [3.05, 3.63) is 71.0 Å². The van der Waals surface area contributed by atoms with Gasteiger partial charge in [0, 0.05) is 18.3 Å². The summed E-state index contributed by atoms with van der Waals surface area (Å²) >= 11 is 0. The van der Waals surface area contributed by atoms with E-state index in [0.717, 1.165) is 41.9 Å². The van der Waals surface area contributed by atoms with Crippen molar-refractivity contribution in [1.82, 2.24) is 9.97 Å².